The van der Waals surface area contributed by atoms with Crippen LogP contribution in [0.5, 0.6) is 0 Å². The molecule has 5 nitrogen and oxygen atoms in total. The predicted molar refractivity (Wildman–Crippen MR) is 38.4 cm³/mol. The lowest BCUT2D eigenvalue weighted by Gasteiger charge is -1.99. The fourth-order valence-corrected chi connectivity index (χ4v) is 0.424. The fourth-order valence-electron chi connectivity index (χ4n) is 0.424. The molecule has 0 aromatic rings. The molecule has 0 radical (unpaired) electrons. The normalized spacial score (nSPS) is 8.83. The van der Waals surface area contributed by atoms with Crippen molar-refractivity contribution in [2.45, 2.75) is 20.3 Å². The first-order valence-electron chi connectivity index (χ1n) is 3.53. The van der Waals surface area contributed by atoms with E-state index < -0.39 is 17.9 Å². The molecule has 0 N–H and O–H groups in total. The van der Waals surface area contributed by atoms with Gasteiger partial charge in [0, 0.05) is 6.42 Å². The molecule has 0 atom stereocenters. The molecule has 0 aromatic heterocycles. The van der Waals surface area contributed by atoms with E-state index in [1.54, 1.807) is 6.92 Å². The summed E-state index contributed by atoms with van der Waals surface area (Å²) < 4.78 is 8.27. The molecule has 0 bridgehead atoms. The Morgan fingerprint density at radius 1 is 1.17 bits per heavy atom. The number of ketones is 1. The van der Waals surface area contributed by atoms with Gasteiger partial charge in [-0.3, -0.25) is 4.79 Å². The third-order valence-electron chi connectivity index (χ3n) is 0.987. The molecule has 0 heterocycles. The molecular weight excluding hydrogens is 164 g/mol. The Bertz CT molecular complexity index is 196. The van der Waals surface area contributed by atoms with Crippen molar-refractivity contribution in [2.75, 3.05) is 6.61 Å². The van der Waals surface area contributed by atoms with Gasteiger partial charge in [0.15, 0.2) is 0 Å². The van der Waals surface area contributed by atoms with E-state index in [1.165, 1.54) is 6.92 Å². The number of esters is 1. The van der Waals surface area contributed by atoms with Crippen LogP contribution in [0.2, 0.25) is 0 Å². The minimum Gasteiger partial charge on any atom is -0.434 e. The highest BCUT2D eigenvalue weighted by Crippen LogP contribution is 1.90. The number of carbonyl (C=O) groups is 3. The van der Waals surface area contributed by atoms with Crippen molar-refractivity contribution in [3.05, 3.63) is 0 Å². The smallest absolute Gasteiger partial charge is 0.434 e. The lowest BCUT2D eigenvalue weighted by Crippen LogP contribution is -2.21. The Labute approximate surface area is 69.6 Å². The highest BCUT2D eigenvalue weighted by molar-refractivity contribution is 6.34. The van der Waals surface area contributed by atoms with Crippen molar-refractivity contribution in [2.24, 2.45) is 0 Å². The van der Waals surface area contributed by atoms with Gasteiger partial charge in [0.2, 0.25) is 5.78 Å². The summed E-state index contributed by atoms with van der Waals surface area (Å²) in [5.41, 5.74) is 0. The van der Waals surface area contributed by atoms with E-state index in [9.17, 15) is 14.4 Å². The molecule has 68 valence electrons. The van der Waals surface area contributed by atoms with Crippen LogP contribution >= 0.6 is 0 Å². The Morgan fingerprint density at radius 3 is 2.17 bits per heavy atom. The van der Waals surface area contributed by atoms with Crippen LogP contribution in [0.3, 0.4) is 0 Å². The maximum absolute atomic E-state index is 10.6. The van der Waals surface area contributed by atoms with E-state index >= 15 is 0 Å². The zero-order valence-corrected chi connectivity index (χ0v) is 6.96. The highest BCUT2D eigenvalue weighted by Gasteiger charge is 2.17. The van der Waals surface area contributed by atoms with E-state index in [0.717, 1.165) is 0 Å². The summed E-state index contributed by atoms with van der Waals surface area (Å²) in [5, 5.41) is 0. The first-order valence-corrected chi connectivity index (χ1v) is 3.53. The minimum absolute atomic E-state index is 0.0121. The largest absolute Gasteiger partial charge is 0.516 e. The van der Waals surface area contributed by atoms with Crippen molar-refractivity contribution >= 4 is 17.9 Å². The second-order valence-corrected chi connectivity index (χ2v) is 1.85. The molecule has 0 amide bonds. The van der Waals surface area contributed by atoms with Gasteiger partial charge in [0.05, 0.1) is 6.61 Å². The molecule has 0 spiro atoms. The fraction of sp³-hybridized carbons (Fsp3) is 0.571. The standard InChI is InChI=1S/C7H10O5/c1-3-5(8)6(9)12-7(10)11-4-2/h3-4H2,1-2H3. The molecule has 0 saturated carbocycles. The third-order valence-corrected chi connectivity index (χ3v) is 0.987. The molecule has 0 aliphatic carbocycles. The Morgan fingerprint density at radius 2 is 1.75 bits per heavy atom. The molecular formula is C7H10O5. The molecule has 0 aromatic carbocycles. The van der Waals surface area contributed by atoms with Gasteiger partial charge in [-0.15, -0.1) is 0 Å². The summed E-state index contributed by atoms with van der Waals surface area (Å²) in [6.45, 7) is 3.16. The van der Waals surface area contributed by atoms with E-state index in [4.69, 9.17) is 0 Å². The van der Waals surface area contributed by atoms with Crippen molar-refractivity contribution in [1.29, 1.82) is 0 Å². The average molecular weight is 174 g/mol. The number of hydrogen-bond acceptors (Lipinski definition) is 5. The van der Waals surface area contributed by atoms with E-state index in [1.807, 2.05) is 0 Å². The highest BCUT2D eigenvalue weighted by atomic mass is 16.7. The molecule has 0 fully saturated rings. The van der Waals surface area contributed by atoms with E-state index in [0.29, 0.717) is 0 Å². The van der Waals surface area contributed by atoms with Crippen molar-refractivity contribution in [3.63, 3.8) is 0 Å². The van der Waals surface area contributed by atoms with Crippen LogP contribution in [0.15, 0.2) is 0 Å². The van der Waals surface area contributed by atoms with Gasteiger partial charge in [-0.25, -0.2) is 9.59 Å². The number of ether oxygens (including phenoxy) is 2. The molecule has 0 aliphatic heterocycles. The van der Waals surface area contributed by atoms with Gasteiger partial charge < -0.3 is 9.47 Å². The van der Waals surface area contributed by atoms with Gasteiger partial charge in [0.25, 0.3) is 0 Å². The van der Waals surface area contributed by atoms with Crippen LogP contribution < -0.4 is 0 Å². The second-order valence-electron chi connectivity index (χ2n) is 1.85. The van der Waals surface area contributed by atoms with Gasteiger partial charge in [-0.2, -0.15) is 0 Å². The second kappa shape index (κ2) is 5.29. The number of rotatable bonds is 3. The first-order chi connectivity index (χ1) is 5.61. The molecule has 5 heteroatoms. The summed E-state index contributed by atoms with van der Waals surface area (Å²) in [7, 11) is 0. The van der Waals surface area contributed by atoms with Gasteiger partial charge in [-0.1, -0.05) is 6.92 Å². The average Bonchev–Trinajstić information content (AvgIpc) is 2.03. The van der Waals surface area contributed by atoms with Crippen LogP contribution in [-0.4, -0.2) is 24.5 Å². The van der Waals surface area contributed by atoms with Crippen LogP contribution in [0.25, 0.3) is 0 Å². The van der Waals surface area contributed by atoms with Crippen LogP contribution in [0.1, 0.15) is 20.3 Å². The van der Waals surface area contributed by atoms with E-state index in [2.05, 4.69) is 9.47 Å². The van der Waals surface area contributed by atoms with Crippen LogP contribution in [0.4, 0.5) is 4.79 Å². The van der Waals surface area contributed by atoms with Crippen molar-refractivity contribution < 1.29 is 23.9 Å². The molecule has 0 aliphatic rings. The summed E-state index contributed by atoms with van der Waals surface area (Å²) in [4.78, 5) is 31.6. The maximum atomic E-state index is 10.6. The lowest BCUT2D eigenvalue weighted by molar-refractivity contribution is -0.150. The van der Waals surface area contributed by atoms with Gasteiger partial charge >= 0.3 is 12.1 Å². The monoisotopic (exact) mass is 174 g/mol. The lowest BCUT2D eigenvalue weighted by atomic mass is 10.3. The maximum Gasteiger partial charge on any atom is 0.516 e. The number of Topliss-reactive ketones (excluding diaryl/α,β-unsaturated/α-hetero) is 1. The molecule has 12 heavy (non-hydrogen) atoms. The Balaban J connectivity index is 3.84. The summed E-state index contributed by atoms with van der Waals surface area (Å²) in [5.74, 6) is -1.92. The summed E-state index contributed by atoms with van der Waals surface area (Å²) in [6, 6.07) is 0. The zero-order chi connectivity index (χ0) is 9.56. The van der Waals surface area contributed by atoms with Crippen molar-refractivity contribution in [3.8, 4) is 0 Å². The summed E-state index contributed by atoms with van der Waals surface area (Å²) >= 11 is 0. The molecule has 0 unspecified atom stereocenters. The van der Waals surface area contributed by atoms with Crippen molar-refractivity contribution in [1.82, 2.24) is 0 Å². The topological polar surface area (TPSA) is 69.7 Å². The summed E-state index contributed by atoms with van der Waals surface area (Å²) in [6.07, 6.45) is -1.12. The minimum atomic E-state index is -1.17. The Hall–Kier alpha value is -1.39. The molecule has 0 saturated heterocycles. The predicted octanol–water partition coefficient (Wildman–Crippen LogP) is 0.665. The van der Waals surface area contributed by atoms with Crippen LogP contribution in [-0.2, 0) is 19.1 Å². The third kappa shape index (κ3) is 3.70. The SMILES string of the molecule is CCOC(=O)OC(=O)C(=O)CC. The quantitative estimate of drug-likeness (QED) is 0.357. The first kappa shape index (κ1) is 10.6. The van der Waals surface area contributed by atoms with Crippen LogP contribution in [0, 0.1) is 0 Å². The number of carbonyl (C=O) groups excluding carboxylic acids is 3. The van der Waals surface area contributed by atoms with Gasteiger partial charge in [0.1, 0.15) is 0 Å². The number of hydrogen-bond donors (Lipinski definition) is 0. The van der Waals surface area contributed by atoms with E-state index in [-0.39, 0.29) is 13.0 Å². The molecule has 0 rings (SSSR count). The Kier molecular flexibility index (Phi) is 4.67. The zero-order valence-electron chi connectivity index (χ0n) is 6.96. The van der Waals surface area contributed by atoms with Gasteiger partial charge in [-0.05, 0) is 6.92 Å².